The van der Waals surface area contributed by atoms with Crippen molar-refractivity contribution < 1.29 is 13.2 Å². The summed E-state index contributed by atoms with van der Waals surface area (Å²) in [7, 11) is -3.32. The molecule has 0 bridgehead atoms. The Kier molecular flexibility index (Phi) is 3.92. The molecule has 0 fully saturated rings. The van der Waals surface area contributed by atoms with Gasteiger partial charge in [-0.05, 0) is 41.6 Å². The molecule has 0 radical (unpaired) electrons. The number of hydrogen-bond acceptors (Lipinski definition) is 6. The second-order valence-electron chi connectivity index (χ2n) is 6.16. The number of fused-ring (bicyclic) bond motifs is 2. The van der Waals surface area contributed by atoms with Gasteiger partial charge in [0.1, 0.15) is 4.70 Å². The molecule has 1 aromatic carbocycles. The highest BCUT2D eigenvalue weighted by atomic mass is 32.2. The summed E-state index contributed by atoms with van der Waals surface area (Å²) >= 11 is 1.30. The molecular weight excluding hydrogens is 374 g/mol. The van der Waals surface area contributed by atoms with E-state index in [2.05, 4.69) is 4.98 Å². The van der Waals surface area contributed by atoms with Crippen LogP contribution in [-0.2, 0) is 23.0 Å². The summed E-state index contributed by atoms with van der Waals surface area (Å²) in [5.41, 5.74) is 2.28. The summed E-state index contributed by atoms with van der Waals surface area (Å²) in [6.45, 7) is 0.276. The van der Waals surface area contributed by atoms with Gasteiger partial charge in [0, 0.05) is 12.1 Å². The van der Waals surface area contributed by atoms with E-state index in [1.165, 1.54) is 32.8 Å². The molecule has 4 rings (SSSR count). The van der Waals surface area contributed by atoms with Gasteiger partial charge in [-0.15, -0.1) is 11.3 Å². The number of nitrogens with zero attached hydrogens (tertiary/aromatic N) is 3. The van der Waals surface area contributed by atoms with Crippen molar-refractivity contribution in [3.8, 4) is 0 Å². The number of sulfonamides is 1. The number of carbonyl (C=O) groups excluding carboxylic acids is 1. The van der Waals surface area contributed by atoms with Crippen molar-refractivity contribution >= 4 is 43.0 Å². The summed E-state index contributed by atoms with van der Waals surface area (Å²) in [5.74, 6) is -0.217. The number of ketones is 1. The van der Waals surface area contributed by atoms with E-state index in [1.54, 1.807) is 29.6 Å². The first-order valence-corrected chi connectivity index (χ1v) is 10.6. The first-order chi connectivity index (χ1) is 12.3. The molecule has 0 unspecified atom stereocenters. The Morgan fingerprint density at radius 2 is 2.12 bits per heavy atom. The average Bonchev–Trinajstić information content (AvgIpc) is 3.22. The number of aromatic nitrogens is 2. The number of hydrogen-bond donors (Lipinski definition) is 0. The Morgan fingerprint density at radius 1 is 1.31 bits per heavy atom. The predicted octanol–water partition coefficient (Wildman–Crippen LogP) is 1.66. The second-order valence-corrected chi connectivity index (χ2v) is 8.99. The van der Waals surface area contributed by atoms with Crippen LogP contribution < -0.4 is 9.86 Å². The fourth-order valence-electron chi connectivity index (χ4n) is 3.13. The number of rotatable bonds is 4. The molecule has 7 nitrogen and oxygen atoms in total. The van der Waals surface area contributed by atoms with Crippen LogP contribution in [0.5, 0.6) is 0 Å². The molecule has 3 aromatic rings. The molecule has 2 aromatic heterocycles. The highest BCUT2D eigenvalue weighted by molar-refractivity contribution is 7.92. The van der Waals surface area contributed by atoms with E-state index in [1.807, 2.05) is 0 Å². The molecule has 1 aliphatic heterocycles. The van der Waals surface area contributed by atoms with E-state index < -0.39 is 10.0 Å². The Labute approximate surface area is 153 Å². The number of Topliss-reactive ketones (excluding diaryl/α,β-unsaturated/α-hetero) is 1. The molecule has 3 heterocycles. The lowest BCUT2D eigenvalue weighted by Gasteiger charge is -2.16. The smallest absolute Gasteiger partial charge is 0.271 e. The van der Waals surface area contributed by atoms with Crippen molar-refractivity contribution in [2.75, 3.05) is 17.1 Å². The number of benzene rings is 1. The third kappa shape index (κ3) is 2.82. The monoisotopic (exact) mass is 389 g/mol. The molecule has 0 amide bonds. The van der Waals surface area contributed by atoms with Crippen LogP contribution in [0.4, 0.5) is 5.69 Å². The quantitative estimate of drug-likeness (QED) is 0.633. The highest BCUT2D eigenvalue weighted by Gasteiger charge is 2.26. The van der Waals surface area contributed by atoms with Crippen LogP contribution in [0.25, 0.3) is 10.2 Å². The van der Waals surface area contributed by atoms with Crippen LogP contribution in [-0.4, -0.2) is 36.6 Å². The Balaban J connectivity index is 1.63. The number of carbonyl (C=O) groups is 1. The number of anilines is 1. The van der Waals surface area contributed by atoms with Gasteiger partial charge in [0.25, 0.3) is 5.56 Å². The molecule has 0 atom stereocenters. The van der Waals surface area contributed by atoms with Gasteiger partial charge in [-0.2, -0.15) is 0 Å². The van der Waals surface area contributed by atoms with Gasteiger partial charge in [-0.3, -0.25) is 18.5 Å². The fourth-order valence-corrected chi connectivity index (χ4v) is 4.88. The van der Waals surface area contributed by atoms with Crippen molar-refractivity contribution in [1.82, 2.24) is 9.55 Å². The fraction of sp³-hybridized carbons (Fsp3) is 0.235. The van der Waals surface area contributed by atoms with Crippen molar-refractivity contribution in [3.05, 3.63) is 57.5 Å². The second kappa shape index (κ2) is 6.03. The normalized spacial score (nSPS) is 14.0. The molecule has 0 N–H and O–H groups in total. The van der Waals surface area contributed by atoms with Crippen molar-refractivity contribution in [1.29, 1.82) is 0 Å². The Morgan fingerprint density at radius 3 is 2.88 bits per heavy atom. The van der Waals surface area contributed by atoms with Gasteiger partial charge in [0.15, 0.2) is 5.78 Å². The number of thiophene rings is 1. The van der Waals surface area contributed by atoms with Gasteiger partial charge in [-0.1, -0.05) is 0 Å². The van der Waals surface area contributed by atoms with E-state index in [-0.39, 0.29) is 17.9 Å². The van der Waals surface area contributed by atoms with E-state index in [9.17, 15) is 18.0 Å². The SMILES string of the molecule is CS(=O)(=O)N1CCc2cc(C(=O)Cn3cnc4ccsc4c3=O)ccc21. The van der Waals surface area contributed by atoms with E-state index >= 15 is 0 Å². The Hall–Kier alpha value is -2.52. The van der Waals surface area contributed by atoms with Crippen molar-refractivity contribution in [2.24, 2.45) is 0 Å². The van der Waals surface area contributed by atoms with Crippen molar-refractivity contribution in [2.45, 2.75) is 13.0 Å². The van der Waals surface area contributed by atoms with Gasteiger partial charge >= 0.3 is 0 Å². The maximum absolute atomic E-state index is 12.6. The zero-order valence-electron chi connectivity index (χ0n) is 13.9. The molecule has 1 aliphatic rings. The molecule has 134 valence electrons. The van der Waals surface area contributed by atoms with Crippen LogP contribution in [0.15, 0.2) is 40.8 Å². The zero-order chi connectivity index (χ0) is 18.5. The van der Waals surface area contributed by atoms with Crippen LogP contribution in [0, 0.1) is 0 Å². The van der Waals surface area contributed by atoms with E-state index in [0.29, 0.717) is 34.4 Å². The first-order valence-electron chi connectivity index (χ1n) is 7.91. The Bertz CT molecular complexity index is 1190. The minimum Gasteiger partial charge on any atom is -0.292 e. The largest absolute Gasteiger partial charge is 0.292 e. The molecule has 0 spiro atoms. The standard InChI is InChI=1S/C17H15N3O4S2/c1-26(23,24)20-6-4-11-8-12(2-3-14(11)20)15(21)9-19-10-18-13-5-7-25-16(13)17(19)22/h2-3,5,7-8,10H,4,6,9H2,1H3. The zero-order valence-corrected chi connectivity index (χ0v) is 15.5. The first kappa shape index (κ1) is 16.9. The van der Waals surface area contributed by atoms with E-state index in [4.69, 9.17) is 0 Å². The maximum Gasteiger partial charge on any atom is 0.271 e. The lowest BCUT2D eigenvalue weighted by molar-refractivity contribution is 0.0970. The highest BCUT2D eigenvalue weighted by Crippen LogP contribution is 2.30. The minimum atomic E-state index is -3.32. The molecule has 0 aliphatic carbocycles. The third-order valence-electron chi connectivity index (χ3n) is 4.40. The molecule has 9 heteroatoms. The predicted molar refractivity (Wildman–Crippen MR) is 101 cm³/mol. The van der Waals surface area contributed by atoms with Gasteiger partial charge in [-0.25, -0.2) is 13.4 Å². The van der Waals surface area contributed by atoms with Gasteiger partial charge < -0.3 is 0 Å². The van der Waals surface area contributed by atoms with Crippen molar-refractivity contribution in [3.63, 3.8) is 0 Å². The molecular formula is C17H15N3O4S2. The van der Waals surface area contributed by atoms with Gasteiger partial charge in [0.05, 0.1) is 30.3 Å². The van der Waals surface area contributed by atoms with Crippen LogP contribution in [0.2, 0.25) is 0 Å². The summed E-state index contributed by atoms with van der Waals surface area (Å²) in [6.07, 6.45) is 3.11. The third-order valence-corrected chi connectivity index (χ3v) is 6.48. The summed E-state index contributed by atoms with van der Waals surface area (Å²) in [4.78, 5) is 29.2. The molecule has 26 heavy (non-hydrogen) atoms. The average molecular weight is 389 g/mol. The van der Waals surface area contributed by atoms with Crippen LogP contribution in [0.3, 0.4) is 0 Å². The summed E-state index contributed by atoms with van der Waals surface area (Å²) < 4.78 is 26.8. The molecule has 0 saturated heterocycles. The maximum atomic E-state index is 12.6. The van der Waals surface area contributed by atoms with Gasteiger partial charge in [0.2, 0.25) is 10.0 Å². The summed E-state index contributed by atoms with van der Waals surface area (Å²) in [5, 5.41) is 1.79. The van der Waals surface area contributed by atoms with Crippen LogP contribution >= 0.6 is 11.3 Å². The topological polar surface area (TPSA) is 89.3 Å². The van der Waals surface area contributed by atoms with E-state index in [0.717, 1.165) is 5.56 Å². The minimum absolute atomic E-state index is 0.103. The van der Waals surface area contributed by atoms with Crippen LogP contribution in [0.1, 0.15) is 15.9 Å². The lowest BCUT2D eigenvalue weighted by atomic mass is 10.1. The summed E-state index contributed by atoms with van der Waals surface area (Å²) in [6, 6.07) is 6.74. The lowest BCUT2D eigenvalue weighted by Crippen LogP contribution is -2.27. The molecule has 0 saturated carbocycles.